The van der Waals surface area contributed by atoms with Crippen LogP contribution in [0.1, 0.15) is 32.8 Å². The first-order valence-electron chi connectivity index (χ1n) is 8.65. The Kier molecular flexibility index (Phi) is 6.37. The largest absolute Gasteiger partial charge is 0.447 e. The molecule has 0 radical (unpaired) electrons. The molecule has 0 bridgehead atoms. The van der Waals surface area contributed by atoms with Crippen molar-refractivity contribution in [2.24, 2.45) is 11.8 Å². The summed E-state index contributed by atoms with van der Waals surface area (Å²) in [5, 5.41) is 3.15. The highest BCUT2D eigenvalue weighted by atomic mass is 16.6. The second kappa shape index (κ2) is 8.29. The van der Waals surface area contributed by atoms with Gasteiger partial charge in [0, 0.05) is 6.04 Å². The second-order valence-corrected chi connectivity index (χ2v) is 6.94. The van der Waals surface area contributed by atoms with E-state index in [4.69, 9.17) is 4.74 Å². The van der Waals surface area contributed by atoms with E-state index in [0.717, 1.165) is 12.0 Å². The van der Waals surface area contributed by atoms with Gasteiger partial charge in [-0.25, -0.2) is 9.69 Å². The number of carbonyl (C=O) groups excluding carboxylic acids is 2. The summed E-state index contributed by atoms with van der Waals surface area (Å²) in [4.78, 5) is 26.6. The van der Waals surface area contributed by atoms with E-state index in [9.17, 15) is 9.59 Å². The van der Waals surface area contributed by atoms with Crippen LogP contribution in [-0.4, -0.2) is 42.6 Å². The summed E-state index contributed by atoms with van der Waals surface area (Å²) in [5.41, 5.74) is 1.10. The van der Waals surface area contributed by atoms with Gasteiger partial charge in [-0.05, 0) is 38.3 Å². The van der Waals surface area contributed by atoms with E-state index >= 15 is 0 Å². The molecule has 0 aliphatic carbocycles. The van der Waals surface area contributed by atoms with Crippen LogP contribution in [0, 0.1) is 11.8 Å². The molecular weight excluding hydrogens is 304 g/mol. The molecule has 1 aliphatic heterocycles. The topological polar surface area (TPSA) is 58.6 Å². The van der Waals surface area contributed by atoms with E-state index in [-0.39, 0.29) is 30.5 Å². The van der Waals surface area contributed by atoms with Crippen LogP contribution in [-0.2, 0) is 16.0 Å². The minimum Gasteiger partial charge on any atom is -0.447 e. The predicted molar refractivity (Wildman–Crippen MR) is 93.6 cm³/mol. The maximum absolute atomic E-state index is 13.1. The fourth-order valence-electron chi connectivity index (χ4n) is 3.17. The van der Waals surface area contributed by atoms with Gasteiger partial charge in [-0.1, -0.05) is 44.2 Å². The summed E-state index contributed by atoms with van der Waals surface area (Å²) in [5.74, 6) is 0.00820. The molecule has 1 aromatic carbocycles. The lowest BCUT2D eigenvalue weighted by Crippen LogP contribution is -2.48. The van der Waals surface area contributed by atoms with E-state index in [1.165, 1.54) is 4.90 Å². The Balaban J connectivity index is 2.17. The van der Waals surface area contributed by atoms with Crippen molar-refractivity contribution in [1.82, 2.24) is 10.2 Å². The SMILES string of the molecule is CNC(C)[C@@H](CC(C)C)C(=O)N1C(=O)OC[C@@H]1Cc1ccccc1. The van der Waals surface area contributed by atoms with E-state index < -0.39 is 6.09 Å². The summed E-state index contributed by atoms with van der Waals surface area (Å²) in [6.45, 7) is 6.43. The van der Waals surface area contributed by atoms with Crippen molar-refractivity contribution in [2.45, 2.75) is 45.7 Å². The predicted octanol–water partition coefficient (Wildman–Crippen LogP) is 2.85. The first-order valence-corrected chi connectivity index (χ1v) is 8.65. The number of nitrogens with one attached hydrogen (secondary N) is 1. The van der Waals surface area contributed by atoms with Crippen molar-refractivity contribution in [3.05, 3.63) is 35.9 Å². The number of hydrogen-bond acceptors (Lipinski definition) is 4. The van der Waals surface area contributed by atoms with Crippen LogP contribution in [0.3, 0.4) is 0 Å². The monoisotopic (exact) mass is 332 g/mol. The van der Waals surface area contributed by atoms with Crippen molar-refractivity contribution in [1.29, 1.82) is 0 Å². The van der Waals surface area contributed by atoms with Crippen LogP contribution in [0.25, 0.3) is 0 Å². The van der Waals surface area contributed by atoms with Gasteiger partial charge in [0.15, 0.2) is 0 Å². The highest BCUT2D eigenvalue weighted by Gasteiger charge is 2.42. The Labute approximate surface area is 144 Å². The van der Waals surface area contributed by atoms with Crippen LogP contribution in [0.4, 0.5) is 4.79 Å². The minimum atomic E-state index is -0.516. The van der Waals surface area contributed by atoms with Crippen LogP contribution >= 0.6 is 0 Å². The van der Waals surface area contributed by atoms with Crippen LogP contribution in [0.2, 0.25) is 0 Å². The molecule has 5 heteroatoms. The van der Waals surface area contributed by atoms with Crippen molar-refractivity contribution in [3.63, 3.8) is 0 Å². The molecule has 3 atom stereocenters. The second-order valence-electron chi connectivity index (χ2n) is 6.94. The van der Waals surface area contributed by atoms with Gasteiger partial charge in [0.05, 0.1) is 12.0 Å². The third-order valence-electron chi connectivity index (χ3n) is 4.61. The molecule has 1 fully saturated rings. The standard InChI is InChI=1S/C19H28N2O3/c1-13(2)10-17(14(3)20-4)18(22)21-16(12-24-19(21)23)11-15-8-6-5-7-9-15/h5-9,13-14,16-17,20H,10-12H2,1-4H3/t14?,16-,17+/m0/s1. The van der Waals surface area contributed by atoms with Crippen molar-refractivity contribution in [2.75, 3.05) is 13.7 Å². The average Bonchev–Trinajstić information content (AvgIpc) is 2.92. The smallest absolute Gasteiger partial charge is 0.416 e. The van der Waals surface area contributed by atoms with Crippen molar-refractivity contribution >= 4 is 12.0 Å². The number of benzene rings is 1. The molecular formula is C19H28N2O3. The molecule has 0 saturated carbocycles. The summed E-state index contributed by atoms with van der Waals surface area (Å²) < 4.78 is 5.19. The average molecular weight is 332 g/mol. The summed E-state index contributed by atoms with van der Waals surface area (Å²) in [6.07, 6.45) is 0.849. The lowest BCUT2D eigenvalue weighted by molar-refractivity contribution is -0.134. The lowest BCUT2D eigenvalue weighted by Gasteiger charge is -2.29. The molecule has 5 nitrogen and oxygen atoms in total. The normalized spacial score (nSPS) is 20.1. The van der Waals surface area contributed by atoms with E-state index in [2.05, 4.69) is 19.2 Å². The number of amides is 2. The Bertz CT molecular complexity index is 559. The van der Waals surface area contributed by atoms with Gasteiger partial charge in [-0.3, -0.25) is 4.79 Å². The van der Waals surface area contributed by atoms with Gasteiger partial charge in [0.2, 0.25) is 5.91 Å². The fourth-order valence-corrected chi connectivity index (χ4v) is 3.17. The fraction of sp³-hybridized carbons (Fsp3) is 0.579. The maximum atomic E-state index is 13.1. The Morgan fingerprint density at radius 2 is 1.96 bits per heavy atom. The van der Waals surface area contributed by atoms with Gasteiger partial charge in [-0.2, -0.15) is 0 Å². The number of imide groups is 1. The highest BCUT2D eigenvalue weighted by Crippen LogP contribution is 2.24. The maximum Gasteiger partial charge on any atom is 0.416 e. The molecule has 0 spiro atoms. The van der Waals surface area contributed by atoms with E-state index in [1.54, 1.807) is 0 Å². The zero-order chi connectivity index (χ0) is 17.7. The molecule has 2 rings (SSSR count). The molecule has 1 N–H and O–H groups in total. The summed E-state index contributed by atoms with van der Waals surface area (Å²) in [7, 11) is 1.84. The molecule has 1 aliphatic rings. The molecule has 1 aromatic rings. The molecule has 1 unspecified atom stereocenters. The minimum absolute atomic E-state index is 0.00525. The Hall–Kier alpha value is -1.88. The van der Waals surface area contributed by atoms with Gasteiger partial charge in [0.25, 0.3) is 0 Å². The van der Waals surface area contributed by atoms with E-state index in [1.807, 2.05) is 44.3 Å². The first kappa shape index (κ1) is 18.5. The zero-order valence-corrected chi connectivity index (χ0v) is 15.0. The number of ether oxygens (including phenoxy) is 1. The molecule has 1 heterocycles. The van der Waals surface area contributed by atoms with Gasteiger partial charge >= 0.3 is 6.09 Å². The molecule has 1 saturated heterocycles. The summed E-state index contributed by atoms with van der Waals surface area (Å²) in [6, 6.07) is 9.67. The van der Waals surface area contributed by atoms with Crippen molar-refractivity contribution in [3.8, 4) is 0 Å². The number of cyclic esters (lactones) is 1. The van der Waals surface area contributed by atoms with Crippen LogP contribution < -0.4 is 5.32 Å². The number of nitrogens with zero attached hydrogens (tertiary/aromatic N) is 1. The van der Waals surface area contributed by atoms with E-state index in [0.29, 0.717) is 12.3 Å². The van der Waals surface area contributed by atoms with Crippen LogP contribution in [0.15, 0.2) is 30.3 Å². The Morgan fingerprint density at radius 1 is 1.29 bits per heavy atom. The van der Waals surface area contributed by atoms with Crippen LogP contribution in [0.5, 0.6) is 0 Å². The van der Waals surface area contributed by atoms with Gasteiger partial charge in [0.1, 0.15) is 6.61 Å². The number of carbonyl (C=O) groups is 2. The summed E-state index contributed by atoms with van der Waals surface area (Å²) >= 11 is 0. The zero-order valence-electron chi connectivity index (χ0n) is 15.0. The first-order chi connectivity index (χ1) is 11.4. The third-order valence-corrected chi connectivity index (χ3v) is 4.61. The molecule has 0 aromatic heterocycles. The Morgan fingerprint density at radius 3 is 2.54 bits per heavy atom. The lowest BCUT2D eigenvalue weighted by atomic mass is 9.89. The van der Waals surface area contributed by atoms with Crippen molar-refractivity contribution < 1.29 is 14.3 Å². The molecule has 2 amide bonds. The number of hydrogen-bond donors (Lipinski definition) is 1. The quantitative estimate of drug-likeness (QED) is 0.834. The molecule has 24 heavy (non-hydrogen) atoms. The highest BCUT2D eigenvalue weighted by molar-refractivity contribution is 5.95. The third kappa shape index (κ3) is 4.35. The van der Waals surface area contributed by atoms with Gasteiger partial charge in [-0.15, -0.1) is 0 Å². The van der Waals surface area contributed by atoms with Gasteiger partial charge < -0.3 is 10.1 Å². The molecule has 132 valence electrons. The number of rotatable bonds is 7.